The fourth-order valence-electron chi connectivity index (χ4n) is 2.65. The minimum atomic E-state index is -3.56. The zero-order valence-corrected chi connectivity index (χ0v) is 14.2. The van der Waals surface area contributed by atoms with Gasteiger partial charge in [-0.15, -0.1) is 11.3 Å². The molecule has 0 N–H and O–H groups in total. The summed E-state index contributed by atoms with van der Waals surface area (Å²) in [5.41, 5.74) is 2.82. The van der Waals surface area contributed by atoms with Gasteiger partial charge in [0.2, 0.25) is 10.0 Å². The number of halogens is 1. The van der Waals surface area contributed by atoms with E-state index in [9.17, 15) is 12.8 Å². The van der Waals surface area contributed by atoms with Gasteiger partial charge in [-0.1, -0.05) is 0 Å². The molecule has 0 aliphatic carbocycles. The largest absolute Gasteiger partial charge is 0.296 e. The van der Waals surface area contributed by atoms with E-state index in [2.05, 4.69) is 9.88 Å². The Balaban J connectivity index is 1.68. The highest BCUT2D eigenvalue weighted by atomic mass is 32.2. The van der Waals surface area contributed by atoms with Gasteiger partial charge >= 0.3 is 0 Å². The lowest BCUT2D eigenvalue weighted by Gasteiger charge is -2.21. The molecule has 124 valence electrons. The van der Waals surface area contributed by atoms with Crippen molar-refractivity contribution in [2.75, 3.05) is 26.2 Å². The maximum absolute atomic E-state index is 13.0. The molecule has 1 saturated heterocycles. The van der Waals surface area contributed by atoms with Crippen molar-refractivity contribution in [3.8, 4) is 0 Å². The molecular formula is C15H18FN3O2S2. The molecule has 1 aromatic carbocycles. The maximum Gasteiger partial charge on any atom is 0.243 e. The lowest BCUT2D eigenvalue weighted by molar-refractivity contribution is 0.276. The van der Waals surface area contributed by atoms with Crippen molar-refractivity contribution >= 4 is 21.4 Å². The second-order valence-electron chi connectivity index (χ2n) is 5.47. The molecule has 1 aromatic heterocycles. The molecule has 5 nitrogen and oxygen atoms in total. The number of rotatable bonds is 4. The molecule has 0 unspecified atom stereocenters. The third-order valence-electron chi connectivity index (χ3n) is 3.87. The summed E-state index contributed by atoms with van der Waals surface area (Å²) >= 11 is 1.56. The fourth-order valence-corrected chi connectivity index (χ4v) is 4.67. The van der Waals surface area contributed by atoms with Crippen molar-refractivity contribution in [3.05, 3.63) is 46.7 Å². The molecule has 0 radical (unpaired) electrons. The van der Waals surface area contributed by atoms with Gasteiger partial charge in [0.05, 0.1) is 16.1 Å². The Labute approximate surface area is 139 Å². The van der Waals surface area contributed by atoms with Crippen molar-refractivity contribution < 1.29 is 12.8 Å². The van der Waals surface area contributed by atoms with Gasteiger partial charge in [0.15, 0.2) is 0 Å². The van der Waals surface area contributed by atoms with Gasteiger partial charge in [0, 0.05) is 31.6 Å². The molecule has 2 heterocycles. The normalized spacial score (nSPS) is 18.0. The average Bonchev–Trinajstić information content (AvgIpc) is 2.91. The highest BCUT2D eigenvalue weighted by molar-refractivity contribution is 7.89. The van der Waals surface area contributed by atoms with Crippen molar-refractivity contribution in [1.82, 2.24) is 14.2 Å². The van der Waals surface area contributed by atoms with Crippen LogP contribution in [0.25, 0.3) is 0 Å². The molecule has 0 spiro atoms. The van der Waals surface area contributed by atoms with Gasteiger partial charge in [0.25, 0.3) is 0 Å². The smallest absolute Gasteiger partial charge is 0.243 e. The van der Waals surface area contributed by atoms with E-state index in [1.807, 2.05) is 5.38 Å². The minimum absolute atomic E-state index is 0.145. The number of aromatic nitrogens is 1. The van der Waals surface area contributed by atoms with E-state index < -0.39 is 15.8 Å². The summed E-state index contributed by atoms with van der Waals surface area (Å²) in [7, 11) is -3.56. The number of nitrogens with zero attached hydrogens (tertiary/aromatic N) is 3. The fraction of sp³-hybridized carbons (Fsp3) is 0.400. The number of thiazole rings is 1. The van der Waals surface area contributed by atoms with Crippen LogP contribution in [0.3, 0.4) is 0 Å². The zero-order valence-electron chi connectivity index (χ0n) is 12.6. The minimum Gasteiger partial charge on any atom is -0.296 e. The Bertz CT molecular complexity index is 733. The molecule has 1 aliphatic rings. The van der Waals surface area contributed by atoms with Crippen LogP contribution in [0.5, 0.6) is 0 Å². The van der Waals surface area contributed by atoms with Crippen LogP contribution in [-0.2, 0) is 16.6 Å². The first-order valence-electron chi connectivity index (χ1n) is 7.41. The standard InChI is InChI=1S/C15H18FN3O2S2/c16-13-2-4-15(5-3-13)23(20,21)19-7-1-6-18(8-9-19)10-14-11-22-12-17-14/h2-5,11-12H,1,6-10H2. The highest BCUT2D eigenvalue weighted by Crippen LogP contribution is 2.19. The van der Waals surface area contributed by atoms with Crippen LogP contribution >= 0.6 is 11.3 Å². The van der Waals surface area contributed by atoms with Crippen LogP contribution in [-0.4, -0.2) is 48.8 Å². The van der Waals surface area contributed by atoms with Gasteiger partial charge in [-0.3, -0.25) is 4.90 Å². The molecule has 0 saturated carbocycles. The third-order valence-corrected chi connectivity index (χ3v) is 6.42. The van der Waals surface area contributed by atoms with Crippen molar-refractivity contribution in [1.29, 1.82) is 0 Å². The first-order chi connectivity index (χ1) is 11.1. The molecule has 0 amide bonds. The van der Waals surface area contributed by atoms with E-state index in [1.165, 1.54) is 28.6 Å². The summed E-state index contributed by atoms with van der Waals surface area (Å²) in [6, 6.07) is 5.00. The number of hydrogen-bond acceptors (Lipinski definition) is 5. The van der Waals surface area contributed by atoms with Crippen LogP contribution in [0, 0.1) is 5.82 Å². The second-order valence-corrected chi connectivity index (χ2v) is 8.12. The molecule has 2 aromatic rings. The summed E-state index contributed by atoms with van der Waals surface area (Å²) in [6.45, 7) is 3.16. The molecule has 0 bridgehead atoms. The third kappa shape index (κ3) is 3.95. The monoisotopic (exact) mass is 355 g/mol. The lowest BCUT2D eigenvalue weighted by Crippen LogP contribution is -2.35. The maximum atomic E-state index is 13.0. The van der Waals surface area contributed by atoms with E-state index in [0.29, 0.717) is 19.6 Å². The van der Waals surface area contributed by atoms with Crippen LogP contribution in [0.2, 0.25) is 0 Å². The van der Waals surface area contributed by atoms with Gasteiger partial charge in [-0.05, 0) is 37.2 Å². The SMILES string of the molecule is O=S(=O)(c1ccc(F)cc1)N1CCCN(Cc2cscn2)CC1. The molecular weight excluding hydrogens is 337 g/mol. The van der Waals surface area contributed by atoms with Crippen LogP contribution in [0.4, 0.5) is 4.39 Å². The Morgan fingerprint density at radius 3 is 2.61 bits per heavy atom. The Kier molecular flexibility index (Phi) is 5.05. The van der Waals surface area contributed by atoms with Crippen molar-refractivity contribution in [3.63, 3.8) is 0 Å². The average molecular weight is 355 g/mol. The predicted molar refractivity (Wildman–Crippen MR) is 87.2 cm³/mol. The summed E-state index contributed by atoms with van der Waals surface area (Å²) in [5, 5.41) is 2.01. The van der Waals surface area contributed by atoms with Crippen LogP contribution in [0.15, 0.2) is 40.1 Å². The molecule has 3 rings (SSSR count). The predicted octanol–water partition coefficient (Wildman–Crippen LogP) is 2.18. The van der Waals surface area contributed by atoms with E-state index in [-0.39, 0.29) is 4.90 Å². The van der Waals surface area contributed by atoms with Gasteiger partial charge in [-0.25, -0.2) is 17.8 Å². The van der Waals surface area contributed by atoms with Gasteiger partial charge < -0.3 is 0 Å². The molecule has 0 atom stereocenters. The Morgan fingerprint density at radius 2 is 1.91 bits per heavy atom. The summed E-state index contributed by atoms with van der Waals surface area (Å²) in [5.74, 6) is -0.436. The zero-order chi connectivity index (χ0) is 16.3. The number of benzene rings is 1. The van der Waals surface area contributed by atoms with E-state index in [1.54, 1.807) is 16.8 Å². The van der Waals surface area contributed by atoms with Crippen molar-refractivity contribution in [2.45, 2.75) is 17.9 Å². The summed E-state index contributed by atoms with van der Waals surface area (Å²) in [6.07, 6.45) is 0.768. The van der Waals surface area contributed by atoms with Crippen LogP contribution in [0.1, 0.15) is 12.1 Å². The molecule has 8 heteroatoms. The van der Waals surface area contributed by atoms with E-state index >= 15 is 0 Å². The van der Waals surface area contributed by atoms with Crippen LogP contribution < -0.4 is 0 Å². The van der Waals surface area contributed by atoms with Crippen molar-refractivity contribution in [2.24, 2.45) is 0 Å². The first kappa shape index (κ1) is 16.5. The Hall–Kier alpha value is -1.35. The van der Waals surface area contributed by atoms with Gasteiger partial charge in [-0.2, -0.15) is 4.31 Å². The number of hydrogen-bond donors (Lipinski definition) is 0. The van der Waals surface area contributed by atoms with E-state index in [0.717, 1.165) is 25.2 Å². The van der Waals surface area contributed by atoms with Gasteiger partial charge in [0.1, 0.15) is 5.82 Å². The molecule has 1 aliphatic heterocycles. The van der Waals surface area contributed by atoms with E-state index in [4.69, 9.17) is 0 Å². The highest BCUT2D eigenvalue weighted by Gasteiger charge is 2.27. The first-order valence-corrected chi connectivity index (χ1v) is 9.79. The number of sulfonamides is 1. The summed E-state index contributed by atoms with van der Waals surface area (Å²) < 4.78 is 39.8. The summed E-state index contributed by atoms with van der Waals surface area (Å²) in [4.78, 5) is 6.64. The molecule has 1 fully saturated rings. The lowest BCUT2D eigenvalue weighted by atomic mass is 10.3. The topological polar surface area (TPSA) is 53.5 Å². The Morgan fingerprint density at radius 1 is 1.13 bits per heavy atom. The second kappa shape index (κ2) is 7.04. The quantitative estimate of drug-likeness (QED) is 0.844. The molecule has 23 heavy (non-hydrogen) atoms.